The molecule has 1 saturated carbocycles. The number of aryl methyl sites for hydroxylation is 1. The number of alkyl halides is 2. The number of halogens is 6. The number of rotatable bonds is 9. The molecule has 0 radical (unpaired) electrons. The largest absolute Gasteiger partial charge is 0.350 e. The van der Waals surface area contributed by atoms with E-state index in [1.807, 2.05) is 14.8 Å². The molecule has 1 amide bonds. The normalized spacial score (nSPS) is 16.1. The van der Waals surface area contributed by atoms with Crippen molar-refractivity contribution in [3.05, 3.63) is 82.1 Å². The smallest absolute Gasteiger partial charge is 0.300 e. The highest BCUT2D eigenvalue weighted by Crippen LogP contribution is 2.42. The molecule has 2 aromatic carbocycles. The van der Waals surface area contributed by atoms with Crippen LogP contribution in [0, 0.1) is 30.2 Å². The van der Waals surface area contributed by atoms with E-state index in [1.165, 1.54) is 12.1 Å². The average Bonchev–Trinajstić information content (AvgIpc) is 3.47. The maximum absolute atomic E-state index is 15.3. The zero-order chi connectivity index (χ0) is 28.7. The van der Waals surface area contributed by atoms with E-state index in [0.717, 1.165) is 31.4 Å². The minimum atomic E-state index is -4.16. The Bertz CT molecular complexity index is 1570. The number of hydrogen-bond acceptors (Lipinski definition) is 5. The van der Waals surface area contributed by atoms with Gasteiger partial charge in [-0.25, -0.2) is 36.0 Å². The van der Waals surface area contributed by atoms with Crippen molar-refractivity contribution in [2.75, 3.05) is 17.1 Å². The van der Waals surface area contributed by atoms with E-state index >= 15 is 8.78 Å². The molecule has 1 heterocycles. The van der Waals surface area contributed by atoms with Crippen LogP contribution in [0.5, 0.6) is 0 Å². The first-order valence-corrected chi connectivity index (χ1v) is 12.8. The minimum absolute atomic E-state index is 0.320. The van der Waals surface area contributed by atoms with Gasteiger partial charge in [-0.3, -0.25) is 9.52 Å². The molecule has 15 heteroatoms. The van der Waals surface area contributed by atoms with Crippen LogP contribution in [0.25, 0.3) is 0 Å². The topological polar surface area (TPSA) is 112 Å². The van der Waals surface area contributed by atoms with Gasteiger partial charge in [0, 0.05) is 26.1 Å². The Morgan fingerprint density at radius 3 is 2.36 bits per heavy atom. The number of nitrogens with zero attached hydrogens (tertiary/aromatic N) is 1. The molecule has 39 heavy (non-hydrogen) atoms. The number of amides is 1. The summed E-state index contributed by atoms with van der Waals surface area (Å²) in [6.07, 6.45) is -0.332. The van der Waals surface area contributed by atoms with Crippen LogP contribution >= 0.6 is 0 Å². The molecule has 1 aliphatic rings. The van der Waals surface area contributed by atoms with E-state index in [0.29, 0.717) is 5.56 Å². The van der Waals surface area contributed by atoms with Gasteiger partial charge in [-0.2, -0.15) is 8.42 Å². The maximum Gasteiger partial charge on any atom is 0.300 e. The van der Waals surface area contributed by atoms with Crippen LogP contribution < -0.4 is 20.1 Å². The standard InChI is InChI=1S/C24H21F6N5O3S/c1-11-3-4-16(15(25)7-11)33-21-14(23(36)34-17-10-24(17,29)30)9-13(18(26)20(21)28)8-12-5-6-32-22(19(12)27)35-39(37,38)31-2/h3-7,9,17,31,33H,8,10H2,1-2H3,(H,32,35)(H,34,36). The fraction of sp³-hybridized carbons (Fsp3) is 0.250. The van der Waals surface area contributed by atoms with Crippen LogP contribution in [0.4, 0.5) is 43.5 Å². The number of pyridine rings is 1. The average molecular weight is 574 g/mol. The van der Waals surface area contributed by atoms with Gasteiger partial charge in [0.05, 0.1) is 23.0 Å². The second-order valence-corrected chi connectivity index (χ2v) is 10.4. The molecule has 208 valence electrons. The van der Waals surface area contributed by atoms with Crippen LogP contribution in [-0.4, -0.2) is 38.3 Å². The highest BCUT2D eigenvalue weighted by molar-refractivity contribution is 7.90. The summed E-state index contributed by atoms with van der Waals surface area (Å²) in [4.78, 5) is 16.5. The number of nitrogens with one attached hydrogen (secondary N) is 4. The fourth-order valence-electron chi connectivity index (χ4n) is 3.65. The van der Waals surface area contributed by atoms with Crippen LogP contribution in [0.1, 0.15) is 33.5 Å². The molecule has 1 fully saturated rings. The van der Waals surface area contributed by atoms with Crippen molar-refractivity contribution in [1.29, 1.82) is 0 Å². The lowest BCUT2D eigenvalue weighted by Crippen LogP contribution is -2.30. The van der Waals surface area contributed by atoms with Crippen molar-refractivity contribution >= 4 is 33.3 Å². The third-order valence-corrected chi connectivity index (χ3v) is 6.89. The Morgan fingerprint density at radius 2 is 1.74 bits per heavy atom. The molecule has 3 aromatic rings. The van der Waals surface area contributed by atoms with Crippen molar-refractivity contribution in [2.24, 2.45) is 0 Å². The lowest BCUT2D eigenvalue weighted by atomic mass is 9.99. The van der Waals surface area contributed by atoms with Crippen LogP contribution in [0.2, 0.25) is 0 Å². The first-order chi connectivity index (χ1) is 18.2. The van der Waals surface area contributed by atoms with E-state index in [1.54, 1.807) is 6.92 Å². The van der Waals surface area contributed by atoms with E-state index < -0.39 is 86.8 Å². The van der Waals surface area contributed by atoms with Crippen molar-refractivity contribution in [1.82, 2.24) is 15.0 Å². The predicted molar refractivity (Wildman–Crippen MR) is 130 cm³/mol. The summed E-state index contributed by atoms with van der Waals surface area (Å²) in [5, 5.41) is 4.33. The Hall–Kier alpha value is -3.85. The molecule has 1 aromatic heterocycles. The van der Waals surface area contributed by atoms with Gasteiger partial charge in [0.2, 0.25) is 0 Å². The van der Waals surface area contributed by atoms with Crippen LogP contribution in [-0.2, 0) is 16.6 Å². The quantitative estimate of drug-likeness (QED) is 0.286. The van der Waals surface area contributed by atoms with Gasteiger partial charge in [0.25, 0.3) is 22.0 Å². The van der Waals surface area contributed by atoms with Crippen LogP contribution in [0.15, 0.2) is 36.5 Å². The predicted octanol–water partition coefficient (Wildman–Crippen LogP) is 4.29. The van der Waals surface area contributed by atoms with Crippen molar-refractivity contribution < 1.29 is 39.6 Å². The molecule has 1 aliphatic carbocycles. The van der Waals surface area contributed by atoms with Gasteiger partial charge in [0.15, 0.2) is 23.3 Å². The monoisotopic (exact) mass is 573 g/mol. The molecule has 0 bridgehead atoms. The van der Waals surface area contributed by atoms with Gasteiger partial charge < -0.3 is 10.6 Å². The van der Waals surface area contributed by atoms with E-state index in [-0.39, 0.29) is 11.3 Å². The molecule has 0 spiro atoms. The zero-order valence-corrected chi connectivity index (χ0v) is 21.1. The maximum atomic E-state index is 15.3. The molecular weight excluding hydrogens is 552 g/mol. The van der Waals surface area contributed by atoms with Crippen molar-refractivity contribution in [2.45, 2.75) is 31.7 Å². The van der Waals surface area contributed by atoms with Gasteiger partial charge in [0.1, 0.15) is 5.82 Å². The second kappa shape index (κ2) is 10.4. The molecular formula is C24H21F6N5O3S. The summed E-state index contributed by atoms with van der Waals surface area (Å²) in [5.41, 5.74) is -2.16. The molecule has 4 N–H and O–H groups in total. The highest BCUT2D eigenvalue weighted by Gasteiger charge is 2.58. The summed E-state index contributed by atoms with van der Waals surface area (Å²) in [5.74, 6) is -10.4. The molecule has 1 atom stereocenters. The van der Waals surface area contributed by atoms with E-state index in [2.05, 4.69) is 10.3 Å². The third-order valence-electron chi connectivity index (χ3n) is 5.89. The van der Waals surface area contributed by atoms with Crippen LogP contribution in [0.3, 0.4) is 0 Å². The van der Waals surface area contributed by atoms with Gasteiger partial charge in [-0.1, -0.05) is 6.07 Å². The number of benzene rings is 2. The van der Waals surface area contributed by atoms with Gasteiger partial charge in [-0.05, 0) is 47.9 Å². The summed E-state index contributed by atoms with van der Waals surface area (Å²) in [6, 6.07) is 4.13. The summed E-state index contributed by atoms with van der Waals surface area (Å²) in [7, 11) is -3.10. The van der Waals surface area contributed by atoms with Gasteiger partial charge in [-0.15, -0.1) is 0 Å². The molecule has 1 unspecified atom stereocenters. The molecule has 0 saturated heterocycles. The number of carbonyl (C=O) groups excluding carboxylic acids is 1. The fourth-order valence-corrected chi connectivity index (χ4v) is 4.14. The number of hydrogen-bond donors (Lipinski definition) is 4. The summed E-state index contributed by atoms with van der Waals surface area (Å²) in [6.45, 7) is 1.59. The lowest BCUT2D eigenvalue weighted by molar-refractivity contribution is 0.0849. The first kappa shape index (κ1) is 28.2. The molecule has 8 nitrogen and oxygen atoms in total. The molecule has 0 aliphatic heterocycles. The Balaban J connectivity index is 1.76. The first-order valence-electron chi connectivity index (χ1n) is 11.3. The second-order valence-electron chi connectivity index (χ2n) is 8.80. The number of anilines is 3. The summed E-state index contributed by atoms with van der Waals surface area (Å²) >= 11 is 0. The zero-order valence-electron chi connectivity index (χ0n) is 20.3. The number of carbonyl (C=O) groups is 1. The Morgan fingerprint density at radius 1 is 1.05 bits per heavy atom. The molecule has 4 rings (SSSR count). The Labute approximate surface area is 219 Å². The minimum Gasteiger partial charge on any atom is -0.350 e. The van der Waals surface area contributed by atoms with E-state index in [9.17, 15) is 30.8 Å². The van der Waals surface area contributed by atoms with Gasteiger partial charge >= 0.3 is 0 Å². The lowest BCUT2D eigenvalue weighted by Gasteiger charge is -2.17. The van der Waals surface area contributed by atoms with E-state index in [4.69, 9.17) is 0 Å². The van der Waals surface area contributed by atoms with Crippen molar-refractivity contribution in [3.63, 3.8) is 0 Å². The third kappa shape index (κ3) is 6.09. The summed E-state index contributed by atoms with van der Waals surface area (Å²) < 4.78 is 114. The SMILES string of the molecule is CNS(=O)(=O)Nc1nccc(Cc2cc(C(=O)NC3CC3(F)F)c(Nc3ccc(C)cc3F)c(F)c2F)c1F. The van der Waals surface area contributed by atoms with Crippen molar-refractivity contribution in [3.8, 4) is 0 Å². The number of aromatic nitrogens is 1. The Kier molecular flexibility index (Phi) is 7.49. The highest BCUT2D eigenvalue weighted by atomic mass is 32.2.